The first-order valence-corrected chi connectivity index (χ1v) is 11.8. The van der Waals surface area contributed by atoms with Crippen LogP contribution in [-0.4, -0.2) is 71.4 Å². The number of nitrogens with zero attached hydrogens (tertiary/aromatic N) is 1. The maximum atomic E-state index is 13.1. The fourth-order valence-electron chi connectivity index (χ4n) is 3.32. The zero-order valence-corrected chi connectivity index (χ0v) is 21.1. The van der Waals surface area contributed by atoms with Gasteiger partial charge in [-0.15, -0.1) is 0 Å². The molecule has 0 fully saturated rings. The Hall–Kier alpha value is -4.22. The predicted octanol–water partition coefficient (Wildman–Crippen LogP) is 1.84. The molecule has 0 radical (unpaired) electrons. The van der Waals surface area contributed by atoms with Gasteiger partial charge in [0.25, 0.3) is 0 Å². The molecule has 3 unspecified atom stereocenters. The highest BCUT2D eigenvalue weighted by molar-refractivity contribution is 5.94. The fourth-order valence-corrected chi connectivity index (χ4v) is 3.32. The van der Waals surface area contributed by atoms with Crippen LogP contribution in [-0.2, 0) is 30.3 Å². The van der Waals surface area contributed by atoms with Gasteiger partial charge in [-0.2, -0.15) is 0 Å². The number of aromatic hydroxyl groups is 1. The summed E-state index contributed by atoms with van der Waals surface area (Å²) in [4.78, 5) is 41.9. The lowest BCUT2D eigenvalue weighted by Gasteiger charge is -2.19. The Morgan fingerprint density at radius 3 is 2.79 bits per heavy atom. The van der Waals surface area contributed by atoms with Crippen molar-refractivity contribution in [1.82, 2.24) is 5.32 Å². The molecular formula is C27H32N2O9. The molecule has 3 atom stereocenters. The summed E-state index contributed by atoms with van der Waals surface area (Å²) in [7, 11) is 1.37. The number of fused-ring (bicyclic) bond motifs is 1. The van der Waals surface area contributed by atoms with Crippen molar-refractivity contribution in [2.24, 2.45) is 5.16 Å². The SMILES string of the molecule is CO/N=C\C=C\C(=O)N/C=C/CC1CC(=O)OC(CO)/C=C\C(O)/C(C)=C\Cc2cccc(O)c2C(=O)O1. The molecule has 11 nitrogen and oxygen atoms in total. The molecule has 0 bridgehead atoms. The summed E-state index contributed by atoms with van der Waals surface area (Å²) < 4.78 is 10.8. The molecule has 11 heteroatoms. The average molecular weight is 529 g/mol. The Bertz CT molecular complexity index is 1120. The van der Waals surface area contributed by atoms with E-state index in [1.54, 1.807) is 25.1 Å². The van der Waals surface area contributed by atoms with Crippen LogP contribution in [0, 0.1) is 0 Å². The topological polar surface area (TPSA) is 164 Å². The number of oxime groups is 1. The Morgan fingerprint density at radius 2 is 2.05 bits per heavy atom. The number of rotatable bonds is 7. The Balaban J connectivity index is 2.28. The van der Waals surface area contributed by atoms with Gasteiger partial charge in [0.05, 0.1) is 25.3 Å². The van der Waals surface area contributed by atoms with Gasteiger partial charge in [-0.3, -0.25) is 9.59 Å². The Labute approximate surface area is 220 Å². The number of ether oxygens (including phenoxy) is 2. The first-order chi connectivity index (χ1) is 18.2. The van der Waals surface area contributed by atoms with Crippen molar-refractivity contribution in [2.45, 2.75) is 44.5 Å². The third kappa shape index (κ3) is 10.0. The monoisotopic (exact) mass is 528 g/mol. The molecule has 0 aromatic heterocycles. The number of allylic oxidation sites excluding steroid dienone is 2. The van der Waals surface area contributed by atoms with Crippen LogP contribution in [0.3, 0.4) is 0 Å². The molecule has 0 saturated heterocycles. The van der Waals surface area contributed by atoms with Crippen LogP contribution in [0.25, 0.3) is 0 Å². The van der Waals surface area contributed by atoms with E-state index in [0.29, 0.717) is 11.1 Å². The summed E-state index contributed by atoms with van der Waals surface area (Å²) in [6.07, 6.45) is 7.96. The largest absolute Gasteiger partial charge is 0.507 e. The molecule has 1 heterocycles. The Kier molecular flexibility index (Phi) is 12.5. The van der Waals surface area contributed by atoms with Gasteiger partial charge in [-0.25, -0.2) is 4.79 Å². The summed E-state index contributed by atoms with van der Waals surface area (Å²) in [5.41, 5.74) is 0.942. The van der Waals surface area contributed by atoms with Crippen LogP contribution < -0.4 is 5.32 Å². The van der Waals surface area contributed by atoms with Crippen LogP contribution in [0.1, 0.15) is 35.7 Å². The first-order valence-electron chi connectivity index (χ1n) is 11.8. The van der Waals surface area contributed by atoms with Gasteiger partial charge in [-0.1, -0.05) is 35.5 Å². The number of hydrogen-bond donors (Lipinski definition) is 4. The number of carbonyl (C=O) groups is 3. The minimum absolute atomic E-state index is 0.0241. The lowest BCUT2D eigenvalue weighted by Crippen LogP contribution is -2.27. The number of hydrogen-bond acceptors (Lipinski definition) is 10. The number of esters is 2. The number of aliphatic hydroxyl groups is 2. The van der Waals surface area contributed by atoms with Crippen LogP contribution in [0.5, 0.6) is 5.75 Å². The molecule has 0 spiro atoms. The van der Waals surface area contributed by atoms with Gasteiger partial charge in [0.2, 0.25) is 5.91 Å². The minimum Gasteiger partial charge on any atom is -0.507 e. The van der Waals surface area contributed by atoms with E-state index >= 15 is 0 Å². The van der Waals surface area contributed by atoms with E-state index in [1.807, 2.05) is 0 Å². The molecule has 204 valence electrons. The zero-order valence-electron chi connectivity index (χ0n) is 21.1. The smallest absolute Gasteiger partial charge is 0.342 e. The normalized spacial score (nSPS) is 23.6. The van der Waals surface area contributed by atoms with Gasteiger partial charge < -0.3 is 34.9 Å². The second-order valence-corrected chi connectivity index (χ2v) is 8.18. The third-order valence-corrected chi connectivity index (χ3v) is 5.32. The molecule has 1 aromatic carbocycles. The average Bonchev–Trinajstić information content (AvgIpc) is 2.89. The van der Waals surface area contributed by atoms with Crippen molar-refractivity contribution in [1.29, 1.82) is 0 Å². The molecule has 1 aliphatic heterocycles. The molecule has 1 amide bonds. The maximum Gasteiger partial charge on any atom is 0.342 e. The lowest BCUT2D eigenvalue weighted by atomic mass is 10.0. The van der Waals surface area contributed by atoms with Gasteiger partial charge in [0, 0.05) is 18.7 Å². The van der Waals surface area contributed by atoms with Crippen LogP contribution in [0.15, 0.2) is 71.6 Å². The predicted molar refractivity (Wildman–Crippen MR) is 138 cm³/mol. The molecular weight excluding hydrogens is 496 g/mol. The van der Waals surface area contributed by atoms with Crippen molar-refractivity contribution in [2.75, 3.05) is 13.7 Å². The summed E-state index contributed by atoms with van der Waals surface area (Å²) in [6, 6.07) is 4.57. The van der Waals surface area contributed by atoms with E-state index in [9.17, 15) is 29.7 Å². The highest BCUT2D eigenvalue weighted by Crippen LogP contribution is 2.25. The second-order valence-electron chi connectivity index (χ2n) is 8.18. The summed E-state index contributed by atoms with van der Waals surface area (Å²) in [5, 5.41) is 36.3. The number of aliphatic hydroxyl groups excluding tert-OH is 2. The number of nitrogens with one attached hydrogen (secondary N) is 1. The van der Waals surface area contributed by atoms with E-state index < -0.39 is 42.8 Å². The molecule has 0 aliphatic carbocycles. The van der Waals surface area contributed by atoms with E-state index in [1.165, 1.54) is 56.0 Å². The standard InChI is InChI=1S/C27H32N2O9/c1-18-10-11-19-6-3-8-23(32)26(19)27(35)38-20(7-4-14-28-24(33)9-5-15-29-36-2)16-25(34)37-21(17-30)12-13-22(18)31/h3-6,8-10,12-15,20-22,30-32H,7,11,16-17H2,1-2H3,(H,28,33)/b9-5+,13-12-,14-4+,18-10-,29-15-. The summed E-state index contributed by atoms with van der Waals surface area (Å²) >= 11 is 0. The number of carbonyl (C=O) groups excluding carboxylic acids is 3. The third-order valence-electron chi connectivity index (χ3n) is 5.32. The number of phenolic OH excluding ortho intramolecular Hbond substituents is 1. The molecule has 38 heavy (non-hydrogen) atoms. The number of amides is 1. The molecule has 1 aliphatic rings. The van der Waals surface area contributed by atoms with Crippen molar-refractivity contribution in [3.8, 4) is 5.75 Å². The summed E-state index contributed by atoms with van der Waals surface area (Å²) in [5.74, 6) is -2.37. The fraction of sp³-hybridized carbons (Fsp3) is 0.333. The minimum atomic E-state index is -1.02. The molecule has 1 aromatic rings. The maximum absolute atomic E-state index is 13.1. The van der Waals surface area contributed by atoms with E-state index in [-0.39, 0.29) is 30.6 Å². The van der Waals surface area contributed by atoms with Crippen molar-refractivity contribution in [3.63, 3.8) is 0 Å². The van der Waals surface area contributed by atoms with Gasteiger partial charge >= 0.3 is 11.9 Å². The number of benzene rings is 1. The highest BCUT2D eigenvalue weighted by Gasteiger charge is 2.25. The lowest BCUT2D eigenvalue weighted by molar-refractivity contribution is -0.150. The van der Waals surface area contributed by atoms with Crippen molar-refractivity contribution >= 4 is 24.1 Å². The van der Waals surface area contributed by atoms with Crippen LogP contribution in [0.4, 0.5) is 0 Å². The van der Waals surface area contributed by atoms with Gasteiger partial charge in [-0.05, 0) is 42.7 Å². The van der Waals surface area contributed by atoms with Crippen molar-refractivity contribution in [3.05, 3.63) is 77.6 Å². The number of cyclic esters (lactones) is 2. The molecule has 4 N–H and O–H groups in total. The van der Waals surface area contributed by atoms with Crippen LogP contribution in [0.2, 0.25) is 0 Å². The van der Waals surface area contributed by atoms with Gasteiger partial charge in [0.1, 0.15) is 30.6 Å². The van der Waals surface area contributed by atoms with E-state index in [0.717, 1.165) is 0 Å². The first kappa shape index (κ1) is 30.0. The quantitative estimate of drug-likeness (QED) is 0.136. The molecule has 0 saturated carbocycles. The van der Waals surface area contributed by atoms with E-state index in [2.05, 4.69) is 15.3 Å². The summed E-state index contributed by atoms with van der Waals surface area (Å²) in [6.45, 7) is 1.16. The van der Waals surface area contributed by atoms with Crippen LogP contribution >= 0.6 is 0 Å². The second kappa shape index (κ2) is 15.8. The van der Waals surface area contributed by atoms with Crippen molar-refractivity contribution < 1.29 is 44.0 Å². The highest BCUT2D eigenvalue weighted by atomic mass is 16.6. The zero-order chi connectivity index (χ0) is 27.9. The molecule has 2 rings (SSSR count). The number of phenols is 1. The van der Waals surface area contributed by atoms with E-state index in [4.69, 9.17) is 9.47 Å². The van der Waals surface area contributed by atoms with Gasteiger partial charge in [0.15, 0.2) is 0 Å². The Morgan fingerprint density at radius 1 is 1.26 bits per heavy atom.